The molecule has 5 heteroatoms. The Labute approximate surface area is 147 Å². The summed E-state index contributed by atoms with van der Waals surface area (Å²) in [6, 6.07) is 11.9. The molecule has 5 nitrogen and oxygen atoms in total. The number of hydrogen-bond acceptors (Lipinski definition) is 3. The number of amides is 1. The number of ether oxygens (including phenoxy) is 1. The van der Waals surface area contributed by atoms with Gasteiger partial charge < -0.3 is 14.5 Å². The Morgan fingerprint density at radius 3 is 2.88 bits per heavy atom. The lowest BCUT2D eigenvalue weighted by Gasteiger charge is -2.12. The SMILES string of the molecule is Cc1ccc(C(C)C)cc1OCC(=O)NCc1cn2ccccc2n1. The second-order valence-corrected chi connectivity index (χ2v) is 6.44. The lowest BCUT2D eigenvalue weighted by molar-refractivity contribution is -0.123. The Bertz CT molecular complexity index is 851. The molecule has 0 aliphatic carbocycles. The lowest BCUT2D eigenvalue weighted by Crippen LogP contribution is -2.28. The van der Waals surface area contributed by atoms with E-state index in [2.05, 4.69) is 30.2 Å². The number of fused-ring (bicyclic) bond motifs is 1. The Morgan fingerprint density at radius 1 is 1.28 bits per heavy atom. The number of benzene rings is 1. The summed E-state index contributed by atoms with van der Waals surface area (Å²) in [5.41, 5.74) is 3.91. The molecule has 1 aromatic carbocycles. The molecule has 0 aliphatic heterocycles. The number of hydrogen-bond donors (Lipinski definition) is 1. The zero-order chi connectivity index (χ0) is 17.8. The van der Waals surface area contributed by atoms with Crippen LogP contribution in [0.3, 0.4) is 0 Å². The Hall–Kier alpha value is -2.82. The van der Waals surface area contributed by atoms with Gasteiger partial charge in [-0.05, 0) is 42.2 Å². The van der Waals surface area contributed by atoms with E-state index in [1.54, 1.807) is 0 Å². The fraction of sp³-hybridized carbons (Fsp3) is 0.300. The van der Waals surface area contributed by atoms with Gasteiger partial charge in [-0.15, -0.1) is 0 Å². The summed E-state index contributed by atoms with van der Waals surface area (Å²) in [5, 5.41) is 2.85. The van der Waals surface area contributed by atoms with Crippen LogP contribution < -0.4 is 10.1 Å². The number of imidazole rings is 1. The number of rotatable bonds is 6. The number of nitrogens with one attached hydrogen (secondary N) is 1. The minimum absolute atomic E-state index is 0.00421. The molecule has 0 fully saturated rings. The van der Waals surface area contributed by atoms with Crippen molar-refractivity contribution in [2.45, 2.75) is 33.2 Å². The van der Waals surface area contributed by atoms with Crippen molar-refractivity contribution < 1.29 is 9.53 Å². The number of carbonyl (C=O) groups is 1. The molecule has 0 atom stereocenters. The van der Waals surface area contributed by atoms with Crippen LogP contribution in [0.5, 0.6) is 5.75 Å². The third-order valence-corrected chi connectivity index (χ3v) is 4.12. The Morgan fingerprint density at radius 2 is 2.12 bits per heavy atom. The molecule has 0 unspecified atom stereocenters. The molecule has 130 valence electrons. The molecule has 1 amide bonds. The summed E-state index contributed by atoms with van der Waals surface area (Å²) >= 11 is 0. The van der Waals surface area contributed by atoms with Gasteiger partial charge in [-0.1, -0.05) is 32.0 Å². The second kappa shape index (κ2) is 7.38. The highest BCUT2D eigenvalue weighted by atomic mass is 16.5. The zero-order valence-electron chi connectivity index (χ0n) is 14.8. The topological polar surface area (TPSA) is 55.6 Å². The molecular weight excluding hydrogens is 314 g/mol. The molecule has 2 heterocycles. The molecule has 0 radical (unpaired) electrons. The molecule has 1 N–H and O–H groups in total. The number of pyridine rings is 1. The third kappa shape index (κ3) is 4.18. The molecule has 2 aromatic heterocycles. The highest BCUT2D eigenvalue weighted by molar-refractivity contribution is 5.77. The minimum atomic E-state index is -0.161. The molecule has 0 aliphatic rings. The van der Waals surface area contributed by atoms with Crippen LogP contribution in [-0.2, 0) is 11.3 Å². The van der Waals surface area contributed by atoms with Gasteiger partial charge in [0.1, 0.15) is 11.4 Å². The first-order chi connectivity index (χ1) is 12.0. The molecule has 0 bridgehead atoms. The van der Waals surface area contributed by atoms with E-state index in [0.717, 1.165) is 22.7 Å². The van der Waals surface area contributed by atoms with Crippen molar-refractivity contribution in [2.24, 2.45) is 0 Å². The van der Waals surface area contributed by atoms with Crippen LogP contribution in [0.4, 0.5) is 0 Å². The largest absolute Gasteiger partial charge is 0.483 e. The van der Waals surface area contributed by atoms with E-state index in [1.807, 2.05) is 54.0 Å². The van der Waals surface area contributed by atoms with E-state index in [-0.39, 0.29) is 12.5 Å². The molecule has 0 saturated carbocycles. The van der Waals surface area contributed by atoms with Crippen LogP contribution >= 0.6 is 0 Å². The van der Waals surface area contributed by atoms with E-state index in [0.29, 0.717) is 12.5 Å². The summed E-state index contributed by atoms with van der Waals surface area (Å²) < 4.78 is 7.63. The first kappa shape index (κ1) is 17.0. The number of nitrogens with zero attached hydrogens (tertiary/aromatic N) is 2. The van der Waals surface area contributed by atoms with E-state index in [9.17, 15) is 4.79 Å². The smallest absolute Gasteiger partial charge is 0.258 e. The van der Waals surface area contributed by atoms with Gasteiger partial charge in [-0.25, -0.2) is 4.98 Å². The first-order valence-corrected chi connectivity index (χ1v) is 8.45. The van der Waals surface area contributed by atoms with Crippen molar-refractivity contribution >= 4 is 11.6 Å². The van der Waals surface area contributed by atoms with Gasteiger partial charge in [0.15, 0.2) is 6.61 Å². The van der Waals surface area contributed by atoms with Crippen molar-refractivity contribution in [2.75, 3.05) is 6.61 Å². The Balaban J connectivity index is 1.55. The fourth-order valence-electron chi connectivity index (χ4n) is 2.59. The predicted molar refractivity (Wildman–Crippen MR) is 97.8 cm³/mol. The van der Waals surface area contributed by atoms with Crippen molar-refractivity contribution in [3.63, 3.8) is 0 Å². The fourth-order valence-corrected chi connectivity index (χ4v) is 2.59. The van der Waals surface area contributed by atoms with Crippen LogP contribution in [0.1, 0.15) is 36.6 Å². The van der Waals surface area contributed by atoms with Crippen molar-refractivity contribution in [1.82, 2.24) is 14.7 Å². The second-order valence-electron chi connectivity index (χ2n) is 6.44. The van der Waals surface area contributed by atoms with Gasteiger partial charge >= 0.3 is 0 Å². The molecule has 0 saturated heterocycles. The Kier molecular flexibility index (Phi) is 5.03. The number of aromatic nitrogens is 2. The average Bonchev–Trinajstić information content (AvgIpc) is 3.02. The van der Waals surface area contributed by atoms with Gasteiger partial charge in [-0.2, -0.15) is 0 Å². The standard InChI is InChI=1S/C20H23N3O2/c1-14(2)16-8-7-15(3)18(10-16)25-13-20(24)21-11-17-12-23-9-5-4-6-19(23)22-17/h4-10,12,14H,11,13H2,1-3H3,(H,21,24). The van der Waals surface area contributed by atoms with Gasteiger partial charge in [0.2, 0.25) is 0 Å². The van der Waals surface area contributed by atoms with Crippen LogP contribution in [-0.4, -0.2) is 21.9 Å². The summed E-state index contributed by atoms with van der Waals surface area (Å²) in [7, 11) is 0. The molecular formula is C20H23N3O2. The summed E-state index contributed by atoms with van der Waals surface area (Å²) in [6.45, 7) is 6.63. The van der Waals surface area contributed by atoms with Gasteiger partial charge in [0.25, 0.3) is 5.91 Å². The van der Waals surface area contributed by atoms with Crippen LogP contribution in [0.2, 0.25) is 0 Å². The van der Waals surface area contributed by atoms with Crippen LogP contribution in [0.15, 0.2) is 48.8 Å². The van der Waals surface area contributed by atoms with Gasteiger partial charge in [0.05, 0.1) is 12.2 Å². The minimum Gasteiger partial charge on any atom is -0.483 e. The van der Waals surface area contributed by atoms with E-state index >= 15 is 0 Å². The summed E-state index contributed by atoms with van der Waals surface area (Å²) in [5.74, 6) is 1.02. The van der Waals surface area contributed by atoms with Crippen molar-refractivity contribution in [3.8, 4) is 5.75 Å². The maximum Gasteiger partial charge on any atom is 0.258 e. The maximum absolute atomic E-state index is 12.1. The normalized spacial score (nSPS) is 11.0. The predicted octanol–water partition coefficient (Wildman–Crippen LogP) is 3.46. The van der Waals surface area contributed by atoms with Crippen molar-refractivity contribution in [3.05, 3.63) is 65.6 Å². The quantitative estimate of drug-likeness (QED) is 0.749. The monoisotopic (exact) mass is 337 g/mol. The molecule has 3 aromatic rings. The molecule has 25 heavy (non-hydrogen) atoms. The first-order valence-electron chi connectivity index (χ1n) is 8.45. The average molecular weight is 337 g/mol. The van der Waals surface area contributed by atoms with E-state index in [4.69, 9.17) is 4.74 Å². The van der Waals surface area contributed by atoms with E-state index < -0.39 is 0 Å². The number of aryl methyl sites for hydroxylation is 1. The van der Waals surface area contributed by atoms with Crippen LogP contribution in [0, 0.1) is 6.92 Å². The molecule has 0 spiro atoms. The third-order valence-electron chi connectivity index (χ3n) is 4.12. The van der Waals surface area contributed by atoms with Gasteiger partial charge in [-0.3, -0.25) is 4.79 Å². The highest BCUT2D eigenvalue weighted by Gasteiger charge is 2.08. The number of carbonyl (C=O) groups excluding carboxylic acids is 1. The highest BCUT2D eigenvalue weighted by Crippen LogP contribution is 2.24. The maximum atomic E-state index is 12.1. The van der Waals surface area contributed by atoms with Crippen molar-refractivity contribution in [1.29, 1.82) is 0 Å². The van der Waals surface area contributed by atoms with E-state index in [1.165, 1.54) is 5.56 Å². The lowest BCUT2D eigenvalue weighted by atomic mass is 10.0. The van der Waals surface area contributed by atoms with Gasteiger partial charge in [0, 0.05) is 12.4 Å². The summed E-state index contributed by atoms with van der Waals surface area (Å²) in [4.78, 5) is 16.5. The summed E-state index contributed by atoms with van der Waals surface area (Å²) in [6.07, 6.45) is 3.84. The molecule has 3 rings (SSSR count). The zero-order valence-corrected chi connectivity index (χ0v) is 14.8. The van der Waals surface area contributed by atoms with Crippen LogP contribution in [0.25, 0.3) is 5.65 Å².